The van der Waals surface area contributed by atoms with Crippen molar-refractivity contribution in [2.75, 3.05) is 0 Å². The summed E-state index contributed by atoms with van der Waals surface area (Å²) in [7, 11) is -3.76. The molecule has 1 aliphatic rings. The smallest absolute Gasteiger partial charge is 0.208 e. The third-order valence-electron chi connectivity index (χ3n) is 3.79. The van der Waals surface area contributed by atoms with Gasteiger partial charge >= 0.3 is 0 Å². The Hall–Kier alpha value is -0.940. The molecule has 0 radical (unpaired) electrons. The Balaban J connectivity index is 2.19. The molecule has 0 saturated heterocycles. The molecule has 0 aromatic heterocycles. The summed E-state index contributed by atoms with van der Waals surface area (Å²) in [4.78, 5) is -0.258. The molecule has 0 spiro atoms. The zero-order valence-corrected chi connectivity index (χ0v) is 11.9. The highest BCUT2D eigenvalue weighted by Gasteiger charge is 2.27. The summed E-state index contributed by atoms with van der Waals surface area (Å²) < 4.78 is 40.7. The summed E-state index contributed by atoms with van der Waals surface area (Å²) in [5.74, 6) is -0.402. The number of hydrogen-bond acceptors (Lipinski definition) is 2. The molecule has 1 N–H and O–H groups in total. The minimum atomic E-state index is -3.76. The van der Waals surface area contributed by atoms with Gasteiger partial charge in [0, 0.05) is 6.04 Å². The lowest BCUT2D eigenvalue weighted by molar-refractivity contribution is 0.398. The quantitative estimate of drug-likeness (QED) is 0.868. The fourth-order valence-corrected chi connectivity index (χ4v) is 4.05. The number of halogens is 1. The Labute approximate surface area is 114 Å². The molecule has 0 heterocycles. The second-order valence-electron chi connectivity index (χ2n) is 5.27. The van der Waals surface area contributed by atoms with Crippen molar-refractivity contribution >= 4 is 10.0 Å². The third kappa shape index (κ3) is 3.54. The van der Waals surface area contributed by atoms with Crippen LogP contribution in [0.5, 0.6) is 0 Å². The molecule has 1 aliphatic carbocycles. The SMILES string of the molecule is CC1CCCCCC1NS(=O)(=O)c1ccccc1F. The topological polar surface area (TPSA) is 46.2 Å². The molecule has 19 heavy (non-hydrogen) atoms. The maximum Gasteiger partial charge on any atom is 0.243 e. The normalized spacial score (nSPS) is 24.9. The van der Waals surface area contributed by atoms with Crippen molar-refractivity contribution in [2.24, 2.45) is 5.92 Å². The van der Waals surface area contributed by atoms with E-state index in [2.05, 4.69) is 11.6 Å². The zero-order chi connectivity index (χ0) is 13.9. The van der Waals surface area contributed by atoms with Gasteiger partial charge in [0.1, 0.15) is 10.7 Å². The van der Waals surface area contributed by atoms with E-state index in [9.17, 15) is 12.8 Å². The van der Waals surface area contributed by atoms with Gasteiger partial charge in [-0.1, -0.05) is 38.3 Å². The van der Waals surface area contributed by atoms with E-state index in [0.717, 1.165) is 32.1 Å². The molecular formula is C14H20FNO2S. The van der Waals surface area contributed by atoms with Crippen molar-refractivity contribution in [3.8, 4) is 0 Å². The molecule has 3 nitrogen and oxygen atoms in total. The molecule has 106 valence electrons. The van der Waals surface area contributed by atoms with Gasteiger partial charge in [-0.05, 0) is 30.9 Å². The van der Waals surface area contributed by atoms with E-state index < -0.39 is 15.8 Å². The Morgan fingerprint density at radius 1 is 1.16 bits per heavy atom. The van der Waals surface area contributed by atoms with Crippen LogP contribution in [-0.2, 0) is 10.0 Å². The average molecular weight is 285 g/mol. The van der Waals surface area contributed by atoms with E-state index in [4.69, 9.17) is 0 Å². The molecule has 0 amide bonds. The largest absolute Gasteiger partial charge is 0.243 e. The van der Waals surface area contributed by atoms with E-state index in [1.807, 2.05) is 0 Å². The van der Waals surface area contributed by atoms with Crippen LogP contribution in [0.1, 0.15) is 39.0 Å². The summed E-state index contributed by atoms with van der Waals surface area (Å²) in [5, 5.41) is 0. The molecule has 1 aromatic carbocycles. The molecule has 2 rings (SSSR count). The standard InChI is InChI=1S/C14H20FNO2S/c1-11-7-3-2-4-9-13(11)16-19(17,18)14-10-6-5-8-12(14)15/h5-6,8,10-11,13,16H,2-4,7,9H2,1H3. The highest BCUT2D eigenvalue weighted by molar-refractivity contribution is 7.89. The van der Waals surface area contributed by atoms with E-state index >= 15 is 0 Å². The van der Waals surface area contributed by atoms with Crippen molar-refractivity contribution in [2.45, 2.75) is 50.0 Å². The van der Waals surface area contributed by atoms with Crippen LogP contribution in [0.4, 0.5) is 4.39 Å². The molecule has 1 fully saturated rings. The summed E-state index contributed by atoms with van der Waals surface area (Å²) in [6, 6.07) is 5.41. The van der Waals surface area contributed by atoms with Crippen molar-refractivity contribution in [3.05, 3.63) is 30.1 Å². The Bertz CT molecular complexity index is 530. The lowest BCUT2D eigenvalue weighted by atomic mass is 9.98. The highest BCUT2D eigenvalue weighted by atomic mass is 32.2. The first kappa shape index (κ1) is 14.5. The van der Waals surface area contributed by atoms with E-state index in [0.29, 0.717) is 5.92 Å². The van der Waals surface area contributed by atoms with Gasteiger partial charge in [0.15, 0.2) is 0 Å². The van der Waals surface area contributed by atoms with Crippen LogP contribution >= 0.6 is 0 Å². The van der Waals surface area contributed by atoms with Gasteiger partial charge in [-0.25, -0.2) is 17.5 Å². The molecule has 1 saturated carbocycles. The minimum Gasteiger partial charge on any atom is -0.208 e. The van der Waals surface area contributed by atoms with Crippen LogP contribution < -0.4 is 4.72 Å². The summed E-state index contributed by atoms with van der Waals surface area (Å²) in [6.07, 6.45) is 5.15. The summed E-state index contributed by atoms with van der Waals surface area (Å²) in [6.45, 7) is 2.06. The number of benzene rings is 1. The van der Waals surface area contributed by atoms with Crippen molar-refractivity contribution in [1.29, 1.82) is 0 Å². The van der Waals surface area contributed by atoms with Gasteiger partial charge in [-0.2, -0.15) is 0 Å². The summed E-state index contributed by atoms with van der Waals surface area (Å²) in [5.41, 5.74) is 0. The predicted octanol–water partition coefficient (Wildman–Crippen LogP) is 3.07. The van der Waals surface area contributed by atoms with E-state index in [1.54, 1.807) is 0 Å². The van der Waals surface area contributed by atoms with Gasteiger partial charge in [0.05, 0.1) is 0 Å². The fourth-order valence-electron chi connectivity index (χ4n) is 2.59. The lowest BCUT2D eigenvalue weighted by Gasteiger charge is -2.22. The molecule has 2 unspecified atom stereocenters. The maximum absolute atomic E-state index is 13.6. The van der Waals surface area contributed by atoms with Crippen molar-refractivity contribution in [3.63, 3.8) is 0 Å². The second kappa shape index (κ2) is 6.01. The Kier molecular flexibility index (Phi) is 4.58. The van der Waals surface area contributed by atoms with Crippen LogP contribution in [0.2, 0.25) is 0 Å². The first-order chi connectivity index (χ1) is 9.00. The molecule has 2 atom stereocenters. The fraction of sp³-hybridized carbons (Fsp3) is 0.571. The first-order valence-corrected chi connectivity index (χ1v) is 8.26. The van der Waals surface area contributed by atoms with Crippen LogP contribution in [0.15, 0.2) is 29.2 Å². The Morgan fingerprint density at radius 3 is 2.58 bits per heavy atom. The highest BCUT2D eigenvalue weighted by Crippen LogP contribution is 2.25. The number of hydrogen-bond donors (Lipinski definition) is 1. The van der Waals surface area contributed by atoms with Gasteiger partial charge in [0.2, 0.25) is 10.0 Å². The van der Waals surface area contributed by atoms with E-state index in [-0.39, 0.29) is 10.9 Å². The summed E-state index contributed by atoms with van der Waals surface area (Å²) >= 11 is 0. The third-order valence-corrected chi connectivity index (χ3v) is 5.32. The number of rotatable bonds is 3. The molecule has 0 bridgehead atoms. The van der Waals surface area contributed by atoms with Crippen LogP contribution in [0.25, 0.3) is 0 Å². The molecule has 5 heteroatoms. The minimum absolute atomic E-state index is 0.0906. The Morgan fingerprint density at radius 2 is 1.84 bits per heavy atom. The number of nitrogens with one attached hydrogen (secondary N) is 1. The lowest BCUT2D eigenvalue weighted by Crippen LogP contribution is -2.39. The molecule has 0 aliphatic heterocycles. The van der Waals surface area contributed by atoms with Gasteiger partial charge in [0.25, 0.3) is 0 Å². The first-order valence-electron chi connectivity index (χ1n) is 6.77. The van der Waals surface area contributed by atoms with Crippen LogP contribution in [0.3, 0.4) is 0 Å². The van der Waals surface area contributed by atoms with Gasteiger partial charge in [-0.3, -0.25) is 0 Å². The van der Waals surface area contributed by atoms with Crippen molar-refractivity contribution < 1.29 is 12.8 Å². The van der Waals surface area contributed by atoms with E-state index in [1.165, 1.54) is 24.3 Å². The van der Waals surface area contributed by atoms with Gasteiger partial charge < -0.3 is 0 Å². The van der Waals surface area contributed by atoms with Gasteiger partial charge in [-0.15, -0.1) is 0 Å². The number of sulfonamides is 1. The second-order valence-corrected chi connectivity index (χ2v) is 6.96. The molecular weight excluding hydrogens is 265 g/mol. The molecule has 1 aromatic rings. The average Bonchev–Trinajstić information content (AvgIpc) is 2.55. The predicted molar refractivity (Wildman–Crippen MR) is 72.8 cm³/mol. The monoisotopic (exact) mass is 285 g/mol. The maximum atomic E-state index is 13.6. The van der Waals surface area contributed by atoms with Crippen LogP contribution in [0, 0.1) is 11.7 Å². The van der Waals surface area contributed by atoms with Crippen LogP contribution in [-0.4, -0.2) is 14.5 Å². The zero-order valence-electron chi connectivity index (χ0n) is 11.1. The van der Waals surface area contributed by atoms with Crippen molar-refractivity contribution in [1.82, 2.24) is 4.72 Å².